The molecule has 26 atom stereocenters. The van der Waals surface area contributed by atoms with Crippen LogP contribution in [0.3, 0.4) is 0 Å². The van der Waals surface area contributed by atoms with Crippen LogP contribution < -0.4 is 0 Å². The molecule has 67 heavy (non-hydrogen) atoms. The van der Waals surface area contributed by atoms with Crippen molar-refractivity contribution in [1.82, 2.24) is 0 Å². The highest BCUT2D eigenvalue weighted by molar-refractivity contribution is 5.21. The van der Waals surface area contributed by atoms with Gasteiger partial charge in [-0.3, -0.25) is 0 Å². The van der Waals surface area contributed by atoms with E-state index < -0.39 is 152 Å². The van der Waals surface area contributed by atoms with Crippen molar-refractivity contribution in [2.45, 2.75) is 223 Å². The summed E-state index contributed by atoms with van der Waals surface area (Å²) in [6.45, 7) is 14.7. The van der Waals surface area contributed by atoms with Gasteiger partial charge in [0.2, 0.25) is 0 Å². The summed E-state index contributed by atoms with van der Waals surface area (Å²) in [6, 6.07) is 0. The fraction of sp³-hybridized carbons (Fsp3) is 0.958. The second kappa shape index (κ2) is 19.8. The Hall–Kier alpha value is -1.02. The van der Waals surface area contributed by atoms with E-state index in [0.29, 0.717) is 25.7 Å². The van der Waals surface area contributed by atoms with E-state index in [1.807, 2.05) is 34.6 Å². The molecule has 7 rings (SSSR count). The number of hydrogen-bond acceptors (Lipinski definition) is 19. The third-order valence-electron chi connectivity index (χ3n) is 18.7. The normalized spacial score (nSPS) is 52.9. The van der Waals surface area contributed by atoms with Crippen LogP contribution in [0.15, 0.2) is 11.6 Å². The Morgan fingerprint density at radius 2 is 1.13 bits per heavy atom. The minimum absolute atomic E-state index is 0.0733. The van der Waals surface area contributed by atoms with Crippen LogP contribution in [-0.2, 0) is 28.4 Å². The summed E-state index contributed by atoms with van der Waals surface area (Å²) in [7, 11) is 0. The molecule has 0 aromatic heterocycles. The summed E-state index contributed by atoms with van der Waals surface area (Å²) < 4.78 is 36.9. The number of aliphatic hydroxyl groups excluding tert-OH is 13. The molecule has 19 nitrogen and oxygen atoms in total. The predicted octanol–water partition coefficient (Wildman–Crippen LogP) is -1.06. The zero-order valence-corrected chi connectivity index (χ0v) is 40.3. The minimum atomic E-state index is -1.85. The Morgan fingerprint density at radius 1 is 0.612 bits per heavy atom. The molecular weight excluding hydrogens is 881 g/mol. The predicted molar refractivity (Wildman–Crippen MR) is 235 cm³/mol. The molecule has 0 aromatic rings. The van der Waals surface area contributed by atoms with E-state index in [4.69, 9.17) is 28.4 Å². The summed E-state index contributed by atoms with van der Waals surface area (Å²) in [6.07, 6.45) is -19.6. The van der Waals surface area contributed by atoms with Gasteiger partial charge in [0, 0.05) is 0 Å². The van der Waals surface area contributed by atoms with Crippen LogP contribution in [0.4, 0.5) is 0 Å². The highest BCUT2D eigenvalue weighted by atomic mass is 16.8. The molecule has 0 bridgehead atoms. The molecule has 3 aliphatic heterocycles. The van der Waals surface area contributed by atoms with Crippen LogP contribution in [0.25, 0.3) is 0 Å². The maximum Gasteiger partial charge on any atom is 0.187 e. The molecular formula is C48H82O19. The maximum absolute atomic E-state index is 12.7. The highest BCUT2D eigenvalue weighted by Gasteiger charge is 2.73. The van der Waals surface area contributed by atoms with Gasteiger partial charge in [0.1, 0.15) is 73.2 Å². The minimum Gasteiger partial charge on any atom is -0.394 e. The molecule has 0 amide bonds. The van der Waals surface area contributed by atoms with Crippen molar-refractivity contribution in [3.05, 3.63) is 11.6 Å². The lowest BCUT2D eigenvalue weighted by Crippen LogP contribution is -2.70. The van der Waals surface area contributed by atoms with E-state index >= 15 is 0 Å². The molecule has 4 aliphatic carbocycles. The smallest absolute Gasteiger partial charge is 0.187 e. The van der Waals surface area contributed by atoms with Gasteiger partial charge in [-0.15, -0.1) is 0 Å². The summed E-state index contributed by atoms with van der Waals surface area (Å²) in [4.78, 5) is 0. The van der Waals surface area contributed by atoms with Crippen molar-refractivity contribution in [3.8, 4) is 0 Å². The number of rotatable bonds is 13. The van der Waals surface area contributed by atoms with E-state index in [-0.39, 0.29) is 35.5 Å². The standard InChI is InChI=1S/C48H82O19/c1-21(2)10-9-13-48(8,67-42-38(61)35(58)32(55)26(19-50)63-42)22-11-14-47(7)30(22)23(52)16-29-45(5)17-24(53)40(44(3,4)28(45)12-15-46(29,47)6)66-43-39(36(59)33(56)27(20-51)64-43)65-41-37(60)34(57)31(54)25(18-49)62-41/h10,22-43,49-61H,9,11-20H2,1-8H3/t22-,23+,24+,25+,26+,27+,28-,29+,30-,31+,32+,33+,34-,35-,36-,37+,38+,39+,40?,41-,42-,43-,45-,46+,47+,48-/m0/s1. The number of fused-ring (bicyclic) bond motifs is 5. The fourth-order valence-electron chi connectivity index (χ4n) is 15.0. The summed E-state index contributed by atoms with van der Waals surface area (Å²) in [5.41, 5.74) is -1.96. The molecule has 388 valence electrons. The average Bonchev–Trinajstić information content (AvgIpc) is 3.65. The first-order chi connectivity index (χ1) is 31.3. The molecule has 3 saturated heterocycles. The third kappa shape index (κ3) is 9.03. The van der Waals surface area contributed by atoms with Gasteiger partial charge in [-0.05, 0) is 117 Å². The quantitative estimate of drug-likeness (QED) is 0.0773. The zero-order valence-electron chi connectivity index (χ0n) is 40.3. The largest absolute Gasteiger partial charge is 0.394 e. The van der Waals surface area contributed by atoms with Crippen molar-refractivity contribution in [1.29, 1.82) is 0 Å². The lowest BCUT2D eigenvalue weighted by Gasteiger charge is -2.71. The second-order valence-electron chi connectivity index (χ2n) is 23.1. The Morgan fingerprint density at radius 3 is 1.70 bits per heavy atom. The molecule has 1 unspecified atom stereocenters. The first-order valence-electron chi connectivity index (χ1n) is 24.5. The molecule has 0 radical (unpaired) electrons. The molecule has 13 N–H and O–H groups in total. The monoisotopic (exact) mass is 963 g/mol. The zero-order chi connectivity index (χ0) is 49.5. The Labute approximate surface area is 393 Å². The second-order valence-corrected chi connectivity index (χ2v) is 23.1. The summed E-state index contributed by atoms with van der Waals surface area (Å²) in [5, 5.41) is 141. The lowest BCUT2D eigenvalue weighted by atomic mass is 9.35. The van der Waals surface area contributed by atoms with Gasteiger partial charge in [-0.2, -0.15) is 0 Å². The Bertz CT molecular complexity index is 1710. The van der Waals surface area contributed by atoms with Crippen molar-refractivity contribution in [2.24, 2.45) is 45.3 Å². The molecule has 4 saturated carbocycles. The van der Waals surface area contributed by atoms with Gasteiger partial charge in [-0.1, -0.05) is 46.3 Å². The van der Waals surface area contributed by atoms with E-state index in [1.165, 1.54) is 0 Å². The van der Waals surface area contributed by atoms with Crippen LogP contribution in [0.2, 0.25) is 0 Å². The van der Waals surface area contributed by atoms with Crippen LogP contribution in [0, 0.1) is 45.3 Å². The molecule has 3 heterocycles. The topological polar surface area (TPSA) is 318 Å². The summed E-state index contributed by atoms with van der Waals surface area (Å²) >= 11 is 0. The maximum atomic E-state index is 12.7. The van der Waals surface area contributed by atoms with Crippen LogP contribution in [0.5, 0.6) is 0 Å². The molecule has 19 heteroatoms. The number of aliphatic hydroxyl groups is 13. The van der Waals surface area contributed by atoms with Crippen LogP contribution in [-0.4, -0.2) is 202 Å². The summed E-state index contributed by atoms with van der Waals surface area (Å²) in [5.74, 6) is -0.628. The lowest BCUT2D eigenvalue weighted by molar-refractivity contribution is -0.383. The Balaban J connectivity index is 1.15. The van der Waals surface area contributed by atoms with Gasteiger partial charge in [0.05, 0.1) is 43.7 Å². The fourth-order valence-corrected chi connectivity index (χ4v) is 15.0. The van der Waals surface area contributed by atoms with Gasteiger partial charge < -0.3 is 94.8 Å². The van der Waals surface area contributed by atoms with E-state index in [1.54, 1.807) is 0 Å². The van der Waals surface area contributed by atoms with Gasteiger partial charge in [0.25, 0.3) is 0 Å². The van der Waals surface area contributed by atoms with Crippen molar-refractivity contribution in [3.63, 3.8) is 0 Å². The number of allylic oxidation sites excluding steroid dienone is 2. The molecule has 0 aromatic carbocycles. The average molecular weight is 963 g/mol. The molecule has 0 spiro atoms. The van der Waals surface area contributed by atoms with Crippen LogP contribution in [0.1, 0.15) is 107 Å². The highest BCUT2D eigenvalue weighted by Crippen LogP contribution is 2.76. The SMILES string of the molecule is CC(C)=CCC[C@](C)(O[C@@H]1O[C@H](CO)[C@@H](O)[C@H](O)[C@H]1O)[C@H]1CC[C@]2(C)[C@@H]1[C@H](O)C[C@@H]1[C@@]3(C)C[C@@H](O)C(O[C@@H]4O[C@H](CO)[C@@H](O)[C@H](O)[C@H]4O[C@@H]4O[C@H](CO)[C@@H](O)[C@H](O)[C@H]4O)C(C)(C)[C@@H]3CC[C@]12C. The molecule has 7 aliphatic rings. The van der Waals surface area contributed by atoms with Gasteiger partial charge >= 0.3 is 0 Å². The van der Waals surface area contributed by atoms with E-state index in [2.05, 4.69) is 26.8 Å². The van der Waals surface area contributed by atoms with Gasteiger partial charge in [-0.25, -0.2) is 0 Å². The Kier molecular flexibility index (Phi) is 15.9. The van der Waals surface area contributed by atoms with Crippen molar-refractivity contribution in [2.75, 3.05) is 19.8 Å². The van der Waals surface area contributed by atoms with Crippen molar-refractivity contribution >= 4 is 0 Å². The first-order valence-corrected chi connectivity index (χ1v) is 24.5. The first kappa shape index (κ1) is 53.8. The molecule has 7 fully saturated rings. The number of hydrogen-bond donors (Lipinski definition) is 13. The number of ether oxygens (including phenoxy) is 6. The van der Waals surface area contributed by atoms with E-state index in [0.717, 1.165) is 24.8 Å². The van der Waals surface area contributed by atoms with Crippen LogP contribution >= 0.6 is 0 Å². The third-order valence-corrected chi connectivity index (χ3v) is 18.7. The van der Waals surface area contributed by atoms with Crippen molar-refractivity contribution < 1.29 is 94.8 Å². The van der Waals surface area contributed by atoms with Gasteiger partial charge in [0.15, 0.2) is 18.9 Å². The van der Waals surface area contributed by atoms with E-state index in [9.17, 15) is 66.4 Å².